The Hall–Kier alpha value is -1.07. The van der Waals surface area contributed by atoms with Crippen LogP contribution in [0, 0.1) is 0 Å². The Labute approximate surface area is 120 Å². The number of hydrogen-bond acceptors (Lipinski definition) is 3. The van der Waals surface area contributed by atoms with Crippen molar-refractivity contribution in [1.82, 2.24) is 0 Å². The first-order valence-electron chi connectivity index (χ1n) is 7.29. The van der Waals surface area contributed by atoms with E-state index in [1.807, 2.05) is 31.2 Å². The molecule has 3 rings (SSSR count). The molecule has 0 amide bonds. The molecule has 0 bridgehead atoms. The molecule has 0 saturated carbocycles. The molecule has 20 heavy (non-hydrogen) atoms. The fourth-order valence-electron chi connectivity index (χ4n) is 3.22. The van der Waals surface area contributed by atoms with Crippen LogP contribution in [0.3, 0.4) is 0 Å². The van der Waals surface area contributed by atoms with E-state index < -0.39 is 10.0 Å². The van der Waals surface area contributed by atoms with Crippen molar-refractivity contribution < 1.29 is 13.2 Å². The molecular formula is C15H21NO3S. The molecule has 110 valence electrons. The second-order valence-electron chi connectivity index (χ2n) is 5.74. The summed E-state index contributed by atoms with van der Waals surface area (Å²) in [4.78, 5) is 0. The van der Waals surface area contributed by atoms with Crippen molar-refractivity contribution >= 4 is 15.7 Å². The first-order valence-corrected chi connectivity index (χ1v) is 8.90. The predicted octanol–water partition coefficient (Wildman–Crippen LogP) is 2.34. The lowest BCUT2D eigenvalue weighted by molar-refractivity contribution is 0.0305. The fourth-order valence-corrected chi connectivity index (χ4v) is 5.21. The zero-order valence-electron chi connectivity index (χ0n) is 11.8. The Kier molecular flexibility index (Phi) is 3.73. The SMILES string of the molecule is C[C@@H]1Cc2ccccc2N1S(=O)(=O)C[C@@H]1CCCCO1. The summed E-state index contributed by atoms with van der Waals surface area (Å²) in [6.07, 6.45) is 3.60. The van der Waals surface area contributed by atoms with E-state index in [1.54, 1.807) is 4.31 Å². The molecule has 5 heteroatoms. The van der Waals surface area contributed by atoms with Crippen LogP contribution in [0.4, 0.5) is 5.69 Å². The summed E-state index contributed by atoms with van der Waals surface area (Å²) < 4.78 is 32.6. The van der Waals surface area contributed by atoms with E-state index >= 15 is 0 Å². The van der Waals surface area contributed by atoms with Crippen LogP contribution in [0.1, 0.15) is 31.7 Å². The van der Waals surface area contributed by atoms with E-state index in [1.165, 1.54) is 0 Å². The van der Waals surface area contributed by atoms with Crippen LogP contribution >= 0.6 is 0 Å². The Morgan fingerprint density at radius 2 is 2.10 bits per heavy atom. The number of ether oxygens (including phenoxy) is 1. The number of fused-ring (bicyclic) bond motifs is 1. The molecule has 4 nitrogen and oxygen atoms in total. The second-order valence-corrected chi connectivity index (χ2v) is 7.64. The molecule has 2 aliphatic rings. The largest absolute Gasteiger partial charge is 0.377 e. The van der Waals surface area contributed by atoms with Gasteiger partial charge < -0.3 is 4.74 Å². The molecule has 0 spiro atoms. The fraction of sp³-hybridized carbons (Fsp3) is 0.600. The van der Waals surface area contributed by atoms with Crippen LogP contribution in [-0.4, -0.2) is 32.9 Å². The van der Waals surface area contributed by atoms with Crippen LogP contribution in [0.2, 0.25) is 0 Å². The predicted molar refractivity (Wildman–Crippen MR) is 79.5 cm³/mol. The van der Waals surface area contributed by atoms with Gasteiger partial charge in [-0.2, -0.15) is 0 Å². The molecular weight excluding hydrogens is 274 g/mol. The third kappa shape index (κ3) is 2.56. The molecule has 2 heterocycles. The van der Waals surface area contributed by atoms with Gasteiger partial charge in [-0.25, -0.2) is 8.42 Å². The lowest BCUT2D eigenvalue weighted by atomic mass is 10.1. The zero-order valence-corrected chi connectivity index (χ0v) is 12.6. The van der Waals surface area contributed by atoms with Gasteiger partial charge in [0.15, 0.2) is 0 Å². The van der Waals surface area contributed by atoms with E-state index in [9.17, 15) is 8.42 Å². The van der Waals surface area contributed by atoms with E-state index in [-0.39, 0.29) is 17.9 Å². The molecule has 2 atom stereocenters. The Bertz CT molecular complexity index is 579. The molecule has 0 N–H and O–H groups in total. The van der Waals surface area contributed by atoms with Crippen molar-refractivity contribution in [3.8, 4) is 0 Å². The highest BCUT2D eigenvalue weighted by Gasteiger charge is 2.36. The van der Waals surface area contributed by atoms with Crippen LogP contribution in [0.5, 0.6) is 0 Å². The second kappa shape index (κ2) is 5.37. The maximum absolute atomic E-state index is 12.7. The van der Waals surface area contributed by atoms with Crippen LogP contribution in [0.25, 0.3) is 0 Å². The van der Waals surface area contributed by atoms with Crippen LogP contribution in [0.15, 0.2) is 24.3 Å². The maximum Gasteiger partial charge on any atom is 0.237 e. The lowest BCUT2D eigenvalue weighted by Crippen LogP contribution is -2.41. The summed E-state index contributed by atoms with van der Waals surface area (Å²) in [6.45, 7) is 2.66. The minimum absolute atomic E-state index is 0.000917. The first kappa shape index (κ1) is 13.9. The molecule has 1 aromatic carbocycles. The number of anilines is 1. The van der Waals surface area contributed by atoms with E-state index in [4.69, 9.17) is 4.74 Å². The average molecular weight is 295 g/mol. The first-order chi connectivity index (χ1) is 9.58. The normalized spacial score (nSPS) is 26.6. The van der Waals surface area contributed by atoms with Crippen molar-refractivity contribution in [2.45, 2.75) is 44.8 Å². The average Bonchev–Trinajstić information content (AvgIpc) is 2.75. The van der Waals surface area contributed by atoms with Crippen LogP contribution < -0.4 is 4.31 Å². The molecule has 0 unspecified atom stereocenters. The van der Waals surface area contributed by atoms with E-state index in [2.05, 4.69) is 0 Å². The van der Waals surface area contributed by atoms with Gasteiger partial charge in [-0.15, -0.1) is 0 Å². The summed E-state index contributed by atoms with van der Waals surface area (Å²) in [5.74, 6) is 0.103. The molecule has 0 aliphatic carbocycles. The quantitative estimate of drug-likeness (QED) is 0.860. The van der Waals surface area contributed by atoms with Crippen molar-refractivity contribution in [2.75, 3.05) is 16.7 Å². The number of sulfonamides is 1. The Morgan fingerprint density at radius 3 is 2.85 bits per heavy atom. The van der Waals surface area contributed by atoms with Crippen molar-refractivity contribution in [2.24, 2.45) is 0 Å². The van der Waals surface area contributed by atoms with Crippen molar-refractivity contribution in [3.05, 3.63) is 29.8 Å². The number of hydrogen-bond donors (Lipinski definition) is 0. The summed E-state index contributed by atoms with van der Waals surface area (Å²) in [5.41, 5.74) is 1.96. The van der Waals surface area contributed by atoms with Gasteiger partial charge in [0, 0.05) is 12.6 Å². The van der Waals surface area contributed by atoms with Gasteiger partial charge in [0.2, 0.25) is 10.0 Å². The number of rotatable bonds is 3. The topological polar surface area (TPSA) is 46.6 Å². The van der Waals surface area contributed by atoms with Gasteiger partial charge in [0.05, 0.1) is 17.5 Å². The zero-order chi connectivity index (χ0) is 14.2. The molecule has 2 aliphatic heterocycles. The smallest absolute Gasteiger partial charge is 0.237 e. The van der Waals surface area contributed by atoms with Gasteiger partial charge in [-0.1, -0.05) is 18.2 Å². The van der Waals surface area contributed by atoms with Crippen molar-refractivity contribution in [1.29, 1.82) is 0 Å². The molecule has 1 fully saturated rings. The van der Waals surface area contributed by atoms with Crippen LogP contribution in [-0.2, 0) is 21.2 Å². The van der Waals surface area contributed by atoms with E-state index in [0.717, 1.165) is 36.9 Å². The molecule has 1 aromatic rings. The van der Waals surface area contributed by atoms with Gasteiger partial charge >= 0.3 is 0 Å². The Balaban J connectivity index is 1.83. The van der Waals surface area contributed by atoms with E-state index in [0.29, 0.717) is 6.61 Å². The lowest BCUT2D eigenvalue weighted by Gasteiger charge is -2.28. The van der Waals surface area contributed by atoms with Gasteiger partial charge in [0.25, 0.3) is 0 Å². The van der Waals surface area contributed by atoms with Gasteiger partial charge in [-0.3, -0.25) is 4.31 Å². The highest BCUT2D eigenvalue weighted by Crippen LogP contribution is 2.34. The third-order valence-electron chi connectivity index (χ3n) is 4.11. The Morgan fingerprint density at radius 1 is 1.30 bits per heavy atom. The minimum atomic E-state index is -3.31. The highest BCUT2D eigenvalue weighted by molar-refractivity contribution is 7.92. The molecule has 0 radical (unpaired) electrons. The summed E-state index contributed by atoms with van der Waals surface area (Å²) >= 11 is 0. The summed E-state index contributed by atoms with van der Waals surface area (Å²) in [6, 6.07) is 7.78. The standard InChI is InChI=1S/C15H21NO3S/c1-12-10-13-6-2-3-8-15(13)16(12)20(17,18)11-14-7-4-5-9-19-14/h2-3,6,8,12,14H,4-5,7,9-11H2,1H3/t12-,14+/m1/s1. The number of benzene rings is 1. The van der Waals surface area contributed by atoms with Crippen molar-refractivity contribution in [3.63, 3.8) is 0 Å². The monoisotopic (exact) mass is 295 g/mol. The number of nitrogens with zero attached hydrogens (tertiary/aromatic N) is 1. The molecule has 1 saturated heterocycles. The van der Waals surface area contributed by atoms with Gasteiger partial charge in [0.1, 0.15) is 0 Å². The third-order valence-corrected chi connectivity index (χ3v) is 6.06. The highest BCUT2D eigenvalue weighted by atomic mass is 32.2. The summed E-state index contributed by atoms with van der Waals surface area (Å²) in [7, 11) is -3.31. The number of para-hydroxylation sites is 1. The van der Waals surface area contributed by atoms with Gasteiger partial charge in [-0.05, 0) is 44.2 Å². The maximum atomic E-state index is 12.7. The summed E-state index contributed by atoms with van der Waals surface area (Å²) in [5, 5.41) is 0. The molecule has 0 aromatic heterocycles. The minimum Gasteiger partial charge on any atom is -0.377 e.